The van der Waals surface area contributed by atoms with Gasteiger partial charge in [-0.05, 0) is 31.7 Å². The molecule has 1 fully saturated rings. The van der Waals surface area contributed by atoms with Crippen LogP contribution in [0, 0.1) is 0 Å². The molecule has 1 aromatic rings. The van der Waals surface area contributed by atoms with Gasteiger partial charge in [-0.1, -0.05) is 24.6 Å². The van der Waals surface area contributed by atoms with Gasteiger partial charge in [-0.25, -0.2) is 0 Å². The van der Waals surface area contributed by atoms with Crippen LogP contribution < -0.4 is 4.74 Å². The number of fused-ring (bicyclic) bond motifs is 1. The summed E-state index contributed by atoms with van der Waals surface area (Å²) in [6.45, 7) is 0. The summed E-state index contributed by atoms with van der Waals surface area (Å²) in [4.78, 5) is 0. The molecule has 1 spiro atoms. The third kappa shape index (κ3) is 1.73. The Hall–Kier alpha value is -1.06. The smallest absolute Gasteiger partial charge is 0.138 e. The van der Waals surface area contributed by atoms with Crippen LogP contribution in [0.2, 0.25) is 0 Å². The third-order valence-corrected chi connectivity index (χ3v) is 4.32. The first-order valence-corrected chi connectivity index (χ1v) is 6.76. The average Bonchev–Trinajstić information content (AvgIpc) is 2.41. The highest BCUT2D eigenvalue weighted by Gasteiger charge is 2.49. The van der Waals surface area contributed by atoms with Crippen molar-refractivity contribution in [1.29, 1.82) is 0 Å². The van der Waals surface area contributed by atoms with Gasteiger partial charge in [0.2, 0.25) is 0 Å². The molecular weight excluding hydrogens is 228 g/mol. The lowest BCUT2D eigenvalue weighted by Crippen LogP contribution is -2.54. The third-order valence-electron chi connectivity index (χ3n) is 4.32. The van der Waals surface area contributed by atoms with E-state index in [4.69, 9.17) is 9.47 Å². The Bertz CT molecular complexity index is 424. The van der Waals surface area contributed by atoms with Crippen molar-refractivity contribution in [3.8, 4) is 5.75 Å². The molecule has 1 saturated carbocycles. The van der Waals surface area contributed by atoms with Gasteiger partial charge >= 0.3 is 0 Å². The summed E-state index contributed by atoms with van der Waals surface area (Å²) in [5, 5.41) is 10.6. The topological polar surface area (TPSA) is 38.7 Å². The van der Waals surface area contributed by atoms with E-state index in [-0.39, 0.29) is 6.10 Å². The maximum atomic E-state index is 10.6. The fourth-order valence-corrected chi connectivity index (χ4v) is 3.34. The molecule has 98 valence electrons. The van der Waals surface area contributed by atoms with Crippen LogP contribution in [0.3, 0.4) is 0 Å². The van der Waals surface area contributed by atoms with Crippen molar-refractivity contribution in [2.45, 2.75) is 49.9 Å². The highest BCUT2D eigenvalue weighted by molar-refractivity contribution is 5.39. The average molecular weight is 248 g/mol. The van der Waals surface area contributed by atoms with E-state index in [1.165, 1.54) is 6.42 Å². The molecule has 1 aromatic carbocycles. The molecule has 1 aliphatic heterocycles. The van der Waals surface area contributed by atoms with Crippen LogP contribution in [0.25, 0.3) is 0 Å². The molecule has 0 bridgehead atoms. The molecule has 0 amide bonds. The number of rotatable bonds is 1. The van der Waals surface area contributed by atoms with Crippen LogP contribution in [0.1, 0.15) is 43.8 Å². The molecule has 0 radical (unpaired) electrons. The summed E-state index contributed by atoms with van der Waals surface area (Å²) in [5.74, 6) is 0.872. The monoisotopic (exact) mass is 248 g/mol. The quantitative estimate of drug-likeness (QED) is 0.830. The van der Waals surface area contributed by atoms with Crippen molar-refractivity contribution in [3.63, 3.8) is 0 Å². The Morgan fingerprint density at radius 1 is 1.22 bits per heavy atom. The fraction of sp³-hybridized carbons (Fsp3) is 0.600. The Morgan fingerprint density at radius 2 is 1.94 bits per heavy atom. The number of para-hydroxylation sites is 1. The number of aliphatic hydroxyl groups is 1. The minimum Gasteiger partial charge on any atom is -0.484 e. The molecule has 3 rings (SSSR count). The lowest BCUT2D eigenvalue weighted by atomic mass is 9.75. The predicted molar refractivity (Wildman–Crippen MR) is 68.6 cm³/mol. The molecule has 1 N–H and O–H groups in total. The van der Waals surface area contributed by atoms with Crippen molar-refractivity contribution < 1.29 is 14.6 Å². The normalized spacial score (nSPS) is 29.7. The lowest BCUT2D eigenvalue weighted by Gasteiger charge is -2.47. The van der Waals surface area contributed by atoms with Gasteiger partial charge in [0.15, 0.2) is 0 Å². The molecule has 18 heavy (non-hydrogen) atoms. The van der Waals surface area contributed by atoms with Gasteiger partial charge in [-0.2, -0.15) is 0 Å². The molecular formula is C15H20O3. The molecule has 2 atom stereocenters. The van der Waals surface area contributed by atoms with E-state index >= 15 is 0 Å². The van der Waals surface area contributed by atoms with Gasteiger partial charge in [0.05, 0.1) is 0 Å². The Balaban J connectivity index is 2.01. The van der Waals surface area contributed by atoms with E-state index in [0.717, 1.165) is 37.0 Å². The van der Waals surface area contributed by atoms with Crippen molar-refractivity contribution in [1.82, 2.24) is 0 Å². The SMILES string of the molecule is CO[C@@H]1c2ccccc2OC2(CCCCC2)[C@H]1O. The number of hydrogen-bond acceptors (Lipinski definition) is 3. The molecule has 0 saturated heterocycles. The summed E-state index contributed by atoms with van der Waals surface area (Å²) in [6.07, 6.45) is 4.47. The van der Waals surface area contributed by atoms with Crippen molar-refractivity contribution >= 4 is 0 Å². The first-order chi connectivity index (χ1) is 8.77. The second-order valence-corrected chi connectivity index (χ2v) is 5.37. The molecule has 0 aromatic heterocycles. The van der Waals surface area contributed by atoms with E-state index in [9.17, 15) is 5.11 Å². The minimum atomic E-state index is -0.572. The second kappa shape index (κ2) is 4.56. The van der Waals surface area contributed by atoms with Gasteiger partial charge in [0, 0.05) is 12.7 Å². The molecule has 2 aliphatic rings. The number of aliphatic hydroxyl groups excluding tert-OH is 1. The van der Waals surface area contributed by atoms with Crippen LogP contribution in [0.4, 0.5) is 0 Å². The summed E-state index contributed by atoms with van der Waals surface area (Å²) in [6, 6.07) is 7.88. The zero-order valence-electron chi connectivity index (χ0n) is 10.8. The fourth-order valence-electron chi connectivity index (χ4n) is 3.34. The van der Waals surface area contributed by atoms with Crippen LogP contribution in [-0.4, -0.2) is 23.9 Å². The van der Waals surface area contributed by atoms with Gasteiger partial charge in [-0.15, -0.1) is 0 Å². The van der Waals surface area contributed by atoms with E-state index in [1.54, 1.807) is 7.11 Å². The predicted octanol–water partition coefficient (Wildman–Crippen LogP) is 2.83. The second-order valence-electron chi connectivity index (χ2n) is 5.37. The van der Waals surface area contributed by atoms with Crippen molar-refractivity contribution in [2.75, 3.05) is 7.11 Å². The first-order valence-electron chi connectivity index (χ1n) is 6.76. The Morgan fingerprint density at radius 3 is 2.67 bits per heavy atom. The maximum absolute atomic E-state index is 10.6. The van der Waals surface area contributed by atoms with E-state index in [2.05, 4.69) is 0 Å². The van der Waals surface area contributed by atoms with E-state index in [1.807, 2.05) is 24.3 Å². The summed E-state index contributed by atoms with van der Waals surface area (Å²) >= 11 is 0. The summed E-state index contributed by atoms with van der Waals surface area (Å²) < 4.78 is 11.7. The molecule has 1 heterocycles. The minimum absolute atomic E-state index is 0.270. The Kier molecular flexibility index (Phi) is 3.04. The molecule has 0 unspecified atom stereocenters. The number of hydrogen-bond donors (Lipinski definition) is 1. The van der Waals surface area contributed by atoms with Crippen LogP contribution in [0.15, 0.2) is 24.3 Å². The number of benzene rings is 1. The van der Waals surface area contributed by atoms with Gasteiger partial charge in [0.25, 0.3) is 0 Å². The number of ether oxygens (including phenoxy) is 2. The molecule has 1 aliphatic carbocycles. The zero-order chi connectivity index (χ0) is 12.6. The molecule has 3 nitrogen and oxygen atoms in total. The van der Waals surface area contributed by atoms with Crippen LogP contribution >= 0.6 is 0 Å². The van der Waals surface area contributed by atoms with Crippen LogP contribution in [0.5, 0.6) is 5.75 Å². The van der Waals surface area contributed by atoms with Gasteiger partial charge < -0.3 is 14.6 Å². The van der Waals surface area contributed by atoms with Crippen molar-refractivity contribution in [2.24, 2.45) is 0 Å². The van der Waals surface area contributed by atoms with E-state index in [0.29, 0.717) is 0 Å². The molecule has 3 heteroatoms. The van der Waals surface area contributed by atoms with Crippen LogP contribution in [-0.2, 0) is 4.74 Å². The summed E-state index contributed by atoms with van der Waals surface area (Å²) in [7, 11) is 1.66. The van der Waals surface area contributed by atoms with E-state index < -0.39 is 11.7 Å². The van der Waals surface area contributed by atoms with Gasteiger partial charge in [-0.3, -0.25) is 0 Å². The lowest BCUT2D eigenvalue weighted by molar-refractivity contribution is -0.153. The highest BCUT2D eigenvalue weighted by Crippen LogP contribution is 2.47. The first kappa shape index (κ1) is 12.0. The largest absolute Gasteiger partial charge is 0.484 e. The maximum Gasteiger partial charge on any atom is 0.138 e. The Labute approximate surface area is 108 Å². The zero-order valence-corrected chi connectivity index (χ0v) is 10.8. The highest BCUT2D eigenvalue weighted by atomic mass is 16.5. The van der Waals surface area contributed by atoms with Crippen molar-refractivity contribution in [3.05, 3.63) is 29.8 Å². The summed E-state index contributed by atoms with van der Waals surface area (Å²) in [5.41, 5.74) is 0.525. The number of methoxy groups -OCH3 is 1. The standard InChI is InChI=1S/C15H20O3/c1-17-13-11-7-3-4-8-12(11)18-15(14(13)16)9-5-2-6-10-15/h3-4,7-8,13-14,16H,2,5-6,9-10H2,1H3/t13-,14+/m1/s1. The van der Waals surface area contributed by atoms with Gasteiger partial charge in [0.1, 0.15) is 23.6 Å².